The van der Waals surface area contributed by atoms with Gasteiger partial charge in [-0.15, -0.1) is 0 Å². The molecule has 1 aromatic carbocycles. The van der Waals surface area contributed by atoms with Crippen molar-refractivity contribution in [2.75, 3.05) is 26.2 Å². The topological polar surface area (TPSA) is 56.4 Å². The number of aromatic nitrogens is 1. The zero-order valence-electron chi connectivity index (χ0n) is 15.6. The number of benzene rings is 1. The van der Waals surface area contributed by atoms with Gasteiger partial charge in [0.1, 0.15) is 0 Å². The Balaban J connectivity index is 1.42. The first-order valence-electron chi connectivity index (χ1n) is 9.58. The Morgan fingerprint density at radius 3 is 2.68 bits per heavy atom. The maximum atomic E-state index is 13.5. The van der Waals surface area contributed by atoms with Crippen LogP contribution in [-0.2, 0) is 6.54 Å². The lowest BCUT2D eigenvalue weighted by Crippen LogP contribution is -2.45. The molecule has 1 aromatic heterocycles. The Hall–Kier alpha value is -2.54. The number of H-pyrrole nitrogens is 1. The summed E-state index contributed by atoms with van der Waals surface area (Å²) in [7, 11) is 0. The summed E-state index contributed by atoms with van der Waals surface area (Å²) < 4.78 is 26.6. The molecule has 1 atom stereocenters. The fourth-order valence-electron chi connectivity index (χ4n) is 4.51. The molecular formula is C21H23F2N3O2. The molecule has 0 saturated carbocycles. The first-order chi connectivity index (χ1) is 13.4. The van der Waals surface area contributed by atoms with Crippen molar-refractivity contribution in [3.05, 3.63) is 69.6 Å². The SMILES string of the molecule is O=C(c1ccc(=O)[nH]c1)N1CCC2(CCCN(Cc3ccc(F)c(F)c3)C2)C1. The van der Waals surface area contributed by atoms with E-state index < -0.39 is 11.6 Å². The summed E-state index contributed by atoms with van der Waals surface area (Å²) in [6, 6.07) is 6.98. The number of pyridine rings is 1. The molecule has 2 saturated heterocycles. The van der Waals surface area contributed by atoms with Gasteiger partial charge >= 0.3 is 0 Å². The van der Waals surface area contributed by atoms with Gasteiger partial charge in [0.05, 0.1) is 5.56 Å². The molecule has 2 fully saturated rings. The second-order valence-electron chi connectivity index (χ2n) is 7.98. The van der Waals surface area contributed by atoms with Gasteiger partial charge in [-0.25, -0.2) is 8.78 Å². The minimum absolute atomic E-state index is 0.0364. The molecule has 148 valence electrons. The molecule has 1 amide bonds. The highest BCUT2D eigenvalue weighted by Gasteiger charge is 2.42. The largest absolute Gasteiger partial charge is 0.338 e. The lowest BCUT2D eigenvalue weighted by molar-refractivity contribution is 0.0675. The number of carbonyl (C=O) groups excluding carboxylic acids is 1. The average Bonchev–Trinajstić information content (AvgIpc) is 3.08. The van der Waals surface area contributed by atoms with Gasteiger partial charge in [0, 0.05) is 43.9 Å². The molecule has 5 nitrogen and oxygen atoms in total. The van der Waals surface area contributed by atoms with E-state index in [1.54, 1.807) is 12.1 Å². The van der Waals surface area contributed by atoms with Crippen LogP contribution in [0.25, 0.3) is 0 Å². The van der Waals surface area contributed by atoms with Crippen molar-refractivity contribution in [2.45, 2.75) is 25.8 Å². The molecule has 2 aliphatic heterocycles. The summed E-state index contributed by atoms with van der Waals surface area (Å²) in [5, 5.41) is 0. The van der Waals surface area contributed by atoms with Gasteiger partial charge in [0.15, 0.2) is 11.6 Å². The van der Waals surface area contributed by atoms with Crippen molar-refractivity contribution in [3.8, 4) is 0 Å². The second kappa shape index (κ2) is 7.47. The average molecular weight is 387 g/mol. The van der Waals surface area contributed by atoms with E-state index in [0.717, 1.165) is 37.9 Å². The number of carbonyl (C=O) groups is 1. The van der Waals surface area contributed by atoms with Crippen LogP contribution < -0.4 is 5.56 Å². The van der Waals surface area contributed by atoms with Crippen LogP contribution in [0.2, 0.25) is 0 Å². The quantitative estimate of drug-likeness (QED) is 0.881. The molecule has 0 radical (unpaired) electrons. The van der Waals surface area contributed by atoms with Gasteiger partial charge in [0.2, 0.25) is 5.56 Å². The van der Waals surface area contributed by atoms with E-state index in [2.05, 4.69) is 9.88 Å². The predicted molar refractivity (Wildman–Crippen MR) is 101 cm³/mol. The van der Waals surface area contributed by atoms with E-state index in [1.165, 1.54) is 24.4 Å². The van der Waals surface area contributed by atoms with Crippen LogP contribution in [0, 0.1) is 17.0 Å². The molecule has 7 heteroatoms. The molecule has 1 N–H and O–H groups in total. The summed E-state index contributed by atoms with van der Waals surface area (Å²) >= 11 is 0. The molecule has 28 heavy (non-hydrogen) atoms. The Morgan fingerprint density at radius 2 is 1.93 bits per heavy atom. The van der Waals surface area contributed by atoms with Gasteiger partial charge in [-0.2, -0.15) is 0 Å². The third-order valence-electron chi connectivity index (χ3n) is 5.89. The molecule has 2 aromatic rings. The van der Waals surface area contributed by atoms with Crippen molar-refractivity contribution in [1.29, 1.82) is 0 Å². The van der Waals surface area contributed by atoms with E-state index in [-0.39, 0.29) is 16.9 Å². The van der Waals surface area contributed by atoms with Crippen LogP contribution in [0.1, 0.15) is 35.2 Å². The van der Waals surface area contributed by atoms with Crippen LogP contribution in [0.15, 0.2) is 41.3 Å². The van der Waals surface area contributed by atoms with E-state index in [1.807, 2.05) is 4.90 Å². The van der Waals surface area contributed by atoms with Crippen LogP contribution in [0.4, 0.5) is 8.78 Å². The number of nitrogens with one attached hydrogen (secondary N) is 1. The number of nitrogens with zero attached hydrogens (tertiary/aromatic N) is 2. The van der Waals surface area contributed by atoms with Crippen molar-refractivity contribution in [1.82, 2.24) is 14.8 Å². The maximum absolute atomic E-state index is 13.5. The van der Waals surface area contributed by atoms with Gasteiger partial charge in [0.25, 0.3) is 5.91 Å². The predicted octanol–water partition coefficient (Wildman–Crippen LogP) is 2.78. The third-order valence-corrected chi connectivity index (χ3v) is 5.89. The normalized spacial score (nSPS) is 22.7. The van der Waals surface area contributed by atoms with E-state index >= 15 is 0 Å². The molecule has 3 heterocycles. The number of likely N-dealkylation sites (tertiary alicyclic amines) is 2. The molecular weight excluding hydrogens is 364 g/mol. The zero-order chi connectivity index (χ0) is 19.7. The number of rotatable bonds is 3. The second-order valence-corrected chi connectivity index (χ2v) is 7.98. The highest BCUT2D eigenvalue weighted by molar-refractivity contribution is 5.94. The monoisotopic (exact) mass is 387 g/mol. The van der Waals surface area contributed by atoms with Gasteiger partial charge in [-0.1, -0.05) is 6.07 Å². The highest BCUT2D eigenvalue weighted by Crippen LogP contribution is 2.39. The fraction of sp³-hybridized carbons (Fsp3) is 0.429. The summed E-state index contributed by atoms with van der Waals surface area (Å²) in [6.45, 7) is 3.69. The first kappa shape index (κ1) is 18.8. The first-order valence-corrected chi connectivity index (χ1v) is 9.58. The van der Waals surface area contributed by atoms with Crippen molar-refractivity contribution >= 4 is 5.91 Å². The number of amides is 1. The number of hydrogen-bond acceptors (Lipinski definition) is 3. The fourth-order valence-corrected chi connectivity index (χ4v) is 4.51. The van der Waals surface area contributed by atoms with Gasteiger partial charge in [-0.05, 0) is 49.6 Å². The van der Waals surface area contributed by atoms with Crippen LogP contribution in [-0.4, -0.2) is 46.9 Å². The number of hydrogen-bond donors (Lipinski definition) is 1. The smallest absolute Gasteiger partial charge is 0.255 e. The van der Waals surface area contributed by atoms with E-state index in [0.29, 0.717) is 25.2 Å². The van der Waals surface area contributed by atoms with E-state index in [9.17, 15) is 18.4 Å². The lowest BCUT2D eigenvalue weighted by Gasteiger charge is -2.40. The minimum atomic E-state index is -0.828. The standard InChI is InChI=1S/C21H23F2N3O2/c22-17-4-2-15(10-18(17)23)12-25-8-1-6-21(13-25)7-9-26(14-21)20(28)16-3-5-19(27)24-11-16/h2-5,10-11H,1,6-9,12-14H2,(H,24,27). The summed E-state index contributed by atoms with van der Waals surface area (Å²) in [5.41, 5.74) is 1.06. The number of aromatic amines is 1. The summed E-state index contributed by atoms with van der Waals surface area (Å²) in [6.07, 6.45) is 4.46. The molecule has 1 unspecified atom stereocenters. The van der Waals surface area contributed by atoms with Crippen LogP contribution >= 0.6 is 0 Å². The van der Waals surface area contributed by atoms with E-state index in [4.69, 9.17) is 0 Å². The molecule has 2 aliphatic rings. The molecule has 0 aliphatic carbocycles. The Labute approximate surface area is 162 Å². The van der Waals surface area contributed by atoms with Crippen LogP contribution in [0.5, 0.6) is 0 Å². The highest BCUT2D eigenvalue weighted by atomic mass is 19.2. The zero-order valence-corrected chi connectivity index (χ0v) is 15.6. The van der Waals surface area contributed by atoms with Crippen molar-refractivity contribution in [2.24, 2.45) is 5.41 Å². The Morgan fingerprint density at radius 1 is 1.07 bits per heavy atom. The minimum Gasteiger partial charge on any atom is -0.338 e. The number of halogens is 2. The summed E-state index contributed by atoms with van der Waals surface area (Å²) in [4.78, 5) is 30.6. The van der Waals surface area contributed by atoms with Gasteiger partial charge in [-0.3, -0.25) is 14.5 Å². The molecule has 1 spiro atoms. The maximum Gasteiger partial charge on any atom is 0.255 e. The molecule has 4 rings (SSSR count). The Bertz CT molecular complexity index is 925. The van der Waals surface area contributed by atoms with Crippen molar-refractivity contribution < 1.29 is 13.6 Å². The number of piperidine rings is 1. The third kappa shape index (κ3) is 3.85. The van der Waals surface area contributed by atoms with Gasteiger partial charge < -0.3 is 9.88 Å². The van der Waals surface area contributed by atoms with Crippen LogP contribution in [0.3, 0.4) is 0 Å². The lowest BCUT2D eigenvalue weighted by atomic mass is 9.79. The van der Waals surface area contributed by atoms with Crippen molar-refractivity contribution in [3.63, 3.8) is 0 Å². The molecule has 0 bridgehead atoms. The Kier molecular flexibility index (Phi) is 5.02. The summed E-state index contributed by atoms with van der Waals surface area (Å²) in [5.74, 6) is -1.71.